The third-order valence-corrected chi connectivity index (χ3v) is 7.05. The topological polar surface area (TPSA) is 106 Å². The fourth-order valence-corrected chi connectivity index (χ4v) is 5.01. The molecule has 5 rings (SSSR count). The maximum atomic E-state index is 6.42. The molecular formula is C24H25Cl2N7O. The molecule has 8 nitrogen and oxygen atoms in total. The first-order valence-electron chi connectivity index (χ1n) is 11.2. The van der Waals surface area contributed by atoms with Crippen LogP contribution in [0.3, 0.4) is 0 Å². The van der Waals surface area contributed by atoms with Crippen LogP contribution in [-0.2, 0) is 0 Å². The van der Waals surface area contributed by atoms with Crippen LogP contribution in [0, 0.1) is 0 Å². The van der Waals surface area contributed by atoms with Crippen molar-refractivity contribution in [2.45, 2.75) is 38.3 Å². The van der Waals surface area contributed by atoms with Crippen molar-refractivity contribution < 1.29 is 4.74 Å². The Hall–Kier alpha value is -2.94. The van der Waals surface area contributed by atoms with Gasteiger partial charge < -0.3 is 15.4 Å². The van der Waals surface area contributed by atoms with Crippen molar-refractivity contribution in [1.29, 1.82) is 0 Å². The molecule has 0 unspecified atom stereocenters. The number of halogens is 2. The van der Waals surface area contributed by atoms with Crippen LogP contribution in [0.15, 0.2) is 42.7 Å². The summed E-state index contributed by atoms with van der Waals surface area (Å²) in [6, 6.07) is 9.63. The summed E-state index contributed by atoms with van der Waals surface area (Å²) in [5.74, 6) is 1.49. The number of pyridine rings is 1. The molecule has 2 atom stereocenters. The Kier molecular flexibility index (Phi) is 6.06. The standard InChI is InChI=1S/C24H25Cl2N7O/c1-3-24(27)8-9-33(13-24)21-7-6-20(30-31-21)23-16-10-15(4-5-19(16)29-32-23)34-14(2)22-17(25)11-28-12-18(22)26/h4-7,10-12,14H,3,8-9,13,27H2,1-2H3,(H,29,32)/t14-,24-/m1/s1. The Morgan fingerprint density at radius 3 is 2.65 bits per heavy atom. The van der Waals surface area contributed by atoms with Gasteiger partial charge in [0.15, 0.2) is 5.82 Å². The van der Waals surface area contributed by atoms with E-state index >= 15 is 0 Å². The average molecular weight is 498 g/mol. The number of H-pyrrole nitrogens is 1. The van der Waals surface area contributed by atoms with Crippen LogP contribution in [-0.4, -0.2) is 44.0 Å². The van der Waals surface area contributed by atoms with Crippen molar-refractivity contribution in [2.24, 2.45) is 5.73 Å². The maximum absolute atomic E-state index is 6.42. The number of aromatic nitrogens is 5. The maximum Gasteiger partial charge on any atom is 0.151 e. The third kappa shape index (κ3) is 4.29. The van der Waals surface area contributed by atoms with Gasteiger partial charge in [0.25, 0.3) is 0 Å². The van der Waals surface area contributed by atoms with Crippen LogP contribution in [0.5, 0.6) is 5.75 Å². The Morgan fingerprint density at radius 1 is 1.18 bits per heavy atom. The molecule has 1 aliphatic heterocycles. The molecule has 3 aromatic heterocycles. The molecule has 1 aliphatic rings. The van der Waals surface area contributed by atoms with Crippen LogP contribution < -0.4 is 15.4 Å². The number of ether oxygens (including phenoxy) is 1. The molecule has 1 aromatic carbocycles. The minimum absolute atomic E-state index is 0.156. The van der Waals surface area contributed by atoms with Gasteiger partial charge in [-0.3, -0.25) is 10.1 Å². The van der Waals surface area contributed by atoms with E-state index < -0.39 is 0 Å². The summed E-state index contributed by atoms with van der Waals surface area (Å²) in [7, 11) is 0. The number of anilines is 1. The number of nitrogens with two attached hydrogens (primary N) is 1. The number of nitrogens with zero attached hydrogens (tertiary/aromatic N) is 5. The summed E-state index contributed by atoms with van der Waals surface area (Å²) in [6.45, 7) is 5.69. The van der Waals surface area contributed by atoms with E-state index in [2.05, 4.69) is 37.2 Å². The molecule has 176 valence electrons. The van der Waals surface area contributed by atoms with E-state index in [0.717, 1.165) is 42.7 Å². The molecule has 0 bridgehead atoms. The lowest BCUT2D eigenvalue weighted by Gasteiger charge is -2.23. The van der Waals surface area contributed by atoms with Crippen molar-refractivity contribution in [2.75, 3.05) is 18.0 Å². The summed E-state index contributed by atoms with van der Waals surface area (Å²) in [4.78, 5) is 6.19. The van der Waals surface area contributed by atoms with Gasteiger partial charge in [-0.05, 0) is 50.1 Å². The smallest absolute Gasteiger partial charge is 0.151 e. The summed E-state index contributed by atoms with van der Waals surface area (Å²) in [5, 5.41) is 18.2. The molecule has 0 amide bonds. The normalized spacial score (nSPS) is 19.0. The predicted molar refractivity (Wildman–Crippen MR) is 134 cm³/mol. The highest BCUT2D eigenvalue weighted by molar-refractivity contribution is 6.35. The zero-order chi connectivity index (χ0) is 23.9. The van der Waals surface area contributed by atoms with Gasteiger partial charge in [-0.25, -0.2) is 0 Å². The summed E-state index contributed by atoms with van der Waals surface area (Å²) >= 11 is 12.6. The molecule has 0 aliphatic carbocycles. The largest absolute Gasteiger partial charge is 0.486 e. The van der Waals surface area contributed by atoms with E-state index in [1.165, 1.54) is 0 Å². The highest BCUT2D eigenvalue weighted by atomic mass is 35.5. The van der Waals surface area contributed by atoms with Crippen molar-refractivity contribution >= 4 is 39.9 Å². The van der Waals surface area contributed by atoms with Crippen LogP contribution >= 0.6 is 23.2 Å². The lowest BCUT2D eigenvalue weighted by atomic mass is 9.97. The molecule has 1 saturated heterocycles. The summed E-state index contributed by atoms with van der Waals surface area (Å²) in [5.41, 5.74) is 9.21. The number of hydrogen-bond donors (Lipinski definition) is 2. The van der Waals surface area contributed by atoms with Crippen molar-refractivity contribution in [1.82, 2.24) is 25.4 Å². The van der Waals surface area contributed by atoms with Gasteiger partial charge in [-0.15, -0.1) is 10.2 Å². The Labute approximate surface area is 207 Å². The first-order chi connectivity index (χ1) is 16.4. The van der Waals surface area contributed by atoms with Crippen LogP contribution in [0.1, 0.15) is 38.4 Å². The molecular weight excluding hydrogens is 473 g/mol. The number of hydrogen-bond acceptors (Lipinski definition) is 7. The van der Waals surface area contributed by atoms with E-state index in [4.69, 9.17) is 33.7 Å². The Morgan fingerprint density at radius 2 is 1.97 bits per heavy atom. The highest BCUT2D eigenvalue weighted by Gasteiger charge is 2.33. The first-order valence-corrected chi connectivity index (χ1v) is 11.9. The second-order valence-electron chi connectivity index (χ2n) is 8.72. The van der Waals surface area contributed by atoms with Crippen molar-refractivity contribution in [3.8, 4) is 17.1 Å². The Bertz CT molecular complexity index is 1310. The van der Waals surface area contributed by atoms with Gasteiger partial charge >= 0.3 is 0 Å². The molecule has 1 fully saturated rings. The van der Waals surface area contributed by atoms with E-state index in [1.807, 2.05) is 37.3 Å². The van der Waals surface area contributed by atoms with Crippen molar-refractivity contribution in [3.63, 3.8) is 0 Å². The third-order valence-electron chi connectivity index (χ3n) is 6.45. The average Bonchev–Trinajstić information content (AvgIpc) is 3.43. The zero-order valence-electron chi connectivity index (χ0n) is 18.9. The quantitative estimate of drug-likeness (QED) is 0.377. The molecule has 0 radical (unpaired) electrons. The lowest BCUT2D eigenvalue weighted by molar-refractivity contribution is 0.227. The number of nitrogens with one attached hydrogen (secondary N) is 1. The van der Waals surface area contributed by atoms with Gasteiger partial charge in [-0.2, -0.15) is 5.10 Å². The number of rotatable bonds is 6. The van der Waals surface area contributed by atoms with Gasteiger partial charge in [0.1, 0.15) is 23.2 Å². The number of fused-ring (bicyclic) bond motifs is 1. The van der Waals surface area contributed by atoms with E-state index in [1.54, 1.807) is 12.4 Å². The van der Waals surface area contributed by atoms with Crippen molar-refractivity contribution in [3.05, 3.63) is 58.3 Å². The number of benzene rings is 1. The Balaban J connectivity index is 1.39. The van der Waals surface area contributed by atoms with Gasteiger partial charge in [-0.1, -0.05) is 30.1 Å². The number of aromatic amines is 1. The van der Waals surface area contributed by atoms with Crippen LogP contribution in [0.25, 0.3) is 22.3 Å². The summed E-state index contributed by atoms with van der Waals surface area (Å²) < 4.78 is 6.15. The minimum atomic E-state index is -0.367. The molecule has 0 spiro atoms. The van der Waals surface area contributed by atoms with E-state index in [0.29, 0.717) is 32.7 Å². The molecule has 0 saturated carbocycles. The van der Waals surface area contributed by atoms with Crippen LogP contribution in [0.4, 0.5) is 5.82 Å². The fourth-order valence-electron chi connectivity index (χ4n) is 4.33. The van der Waals surface area contributed by atoms with Gasteiger partial charge in [0.2, 0.25) is 0 Å². The van der Waals surface area contributed by atoms with Gasteiger partial charge in [0, 0.05) is 42.0 Å². The van der Waals surface area contributed by atoms with E-state index in [9.17, 15) is 0 Å². The van der Waals surface area contributed by atoms with Gasteiger partial charge in [0.05, 0.1) is 15.6 Å². The second-order valence-corrected chi connectivity index (χ2v) is 9.54. The second kappa shape index (κ2) is 9.02. The molecule has 4 heterocycles. The van der Waals surface area contributed by atoms with E-state index in [-0.39, 0.29) is 11.6 Å². The molecule has 3 N–H and O–H groups in total. The monoisotopic (exact) mass is 497 g/mol. The first kappa shape index (κ1) is 22.8. The summed E-state index contributed by atoms with van der Waals surface area (Å²) in [6.07, 6.45) is 4.64. The molecule has 34 heavy (non-hydrogen) atoms. The lowest BCUT2D eigenvalue weighted by Crippen LogP contribution is -2.42. The highest BCUT2D eigenvalue weighted by Crippen LogP contribution is 2.35. The predicted octanol–water partition coefficient (Wildman–Crippen LogP) is 5.18. The SMILES string of the molecule is CC[C@@]1(N)CCN(c2ccc(-c3n[nH]c4ccc(O[C@H](C)c5c(Cl)cncc5Cl)cc34)nn2)C1. The molecule has 4 aromatic rings. The molecule has 10 heteroatoms. The minimum Gasteiger partial charge on any atom is -0.486 e. The fraction of sp³-hybridized carbons (Fsp3) is 0.333. The zero-order valence-corrected chi connectivity index (χ0v) is 20.4. The van der Waals surface area contributed by atoms with Crippen LogP contribution in [0.2, 0.25) is 10.0 Å².